The molecule has 0 radical (unpaired) electrons. The van der Waals surface area contributed by atoms with Crippen LogP contribution in [0, 0.1) is 0 Å². The molecule has 0 fully saturated rings. The zero-order chi connectivity index (χ0) is 39.7. The van der Waals surface area contributed by atoms with E-state index in [2.05, 4.69) is 25.9 Å². The Hall–Kier alpha value is -4.76. The quantitative estimate of drug-likeness (QED) is 0.108. The third-order valence-electron chi connectivity index (χ3n) is 5.87. The van der Waals surface area contributed by atoms with E-state index in [0.717, 1.165) is 22.7 Å². The fraction of sp³-hybridized carbons (Fsp3) is 0.138. The summed E-state index contributed by atoms with van der Waals surface area (Å²) in [5.74, 6) is -2.92. The Kier molecular flexibility index (Phi) is 14.0. The number of nitrogens with zero attached hydrogens (tertiary/aromatic N) is 2. The number of rotatable bonds is 11. The van der Waals surface area contributed by atoms with Gasteiger partial charge in [0, 0.05) is 12.1 Å². The molecule has 0 aliphatic rings. The van der Waals surface area contributed by atoms with Crippen molar-refractivity contribution in [2.75, 3.05) is 30.8 Å². The summed E-state index contributed by atoms with van der Waals surface area (Å²) >= 11 is 4.63. The number of aliphatic carboxylic acids is 1. The van der Waals surface area contributed by atoms with Gasteiger partial charge in [0.15, 0.2) is 18.7 Å². The Morgan fingerprint density at radius 3 is 1.56 bits per heavy atom. The van der Waals surface area contributed by atoms with Gasteiger partial charge in [-0.25, -0.2) is 14.8 Å². The second kappa shape index (κ2) is 18.0. The van der Waals surface area contributed by atoms with Gasteiger partial charge in [0.2, 0.25) is 11.8 Å². The van der Waals surface area contributed by atoms with E-state index in [1.165, 1.54) is 46.9 Å². The van der Waals surface area contributed by atoms with Gasteiger partial charge < -0.3 is 35.2 Å². The first-order valence-electron chi connectivity index (χ1n) is 14.4. The monoisotopic (exact) mass is 866 g/mol. The lowest BCUT2D eigenvalue weighted by molar-refractivity contribution is -0.192. The molecule has 0 aliphatic heterocycles. The van der Waals surface area contributed by atoms with Crippen molar-refractivity contribution in [3.05, 3.63) is 71.4 Å². The van der Waals surface area contributed by atoms with Gasteiger partial charge >= 0.3 is 32.4 Å². The number of likely N-dealkylation sites (N-methyl/N-ethyl adjacent to an activating group) is 1. The molecule has 2 aromatic carbocycles. The van der Waals surface area contributed by atoms with E-state index in [-0.39, 0.29) is 44.8 Å². The van der Waals surface area contributed by atoms with E-state index in [4.69, 9.17) is 24.0 Å². The summed E-state index contributed by atoms with van der Waals surface area (Å²) < 4.78 is 92.1. The van der Waals surface area contributed by atoms with Crippen molar-refractivity contribution >= 4 is 114 Å². The molecule has 6 aromatic rings. The molecule has 4 heterocycles. The summed E-state index contributed by atoms with van der Waals surface area (Å²) in [5.41, 5.74) is 6.51. The van der Waals surface area contributed by atoms with Crippen LogP contribution in [-0.2, 0) is 34.6 Å². The predicted octanol–water partition coefficient (Wildman–Crippen LogP) is 4.94. The first-order chi connectivity index (χ1) is 25.4. The van der Waals surface area contributed by atoms with Crippen LogP contribution in [0.5, 0.6) is 11.5 Å². The molecule has 25 heteroatoms. The number of amides is 2. The molecule has 0 aliphatic carbocycles. The molecular formula is C29H25F3N6O10S6. The molecule has 288 valence electrons. The maximum Gasteiger partial charge on any atom is 0.490 e. The lowest BCUT2D eigenvalue weighted by Gasteiger charge is -2.04. The van der Waals surface area contributed by atoms with Gasteiger partial charge in [0.1, 0.15) is 11.5 Å². The number of anilines is 2. The first-order valence-corrected chi connectivity index (χ1v) is 20.6. The zero-order valence-electron chi connectivity index (χ0n) is 27.0. The van der Waals surface area contributed by atoms with Gasteiger partial charge in [-0.05, 0) is 54.2 Å². The van der Waals surface area contributed by atoms with Crippen molar-refractivity contribution in [1.82, 2.24) is 15.3 Å². The molecular weight excluding hydrogens is 842 g/mol. The lowest BCUT2D eigenvalue weighted by atomic mass is 10.3. The molecule has 0 atom stereocenters. The van der Waals surface area contributed by atoms with Crippen LogP contribution in [-0.4, -0.2) is 76.0 Å². The number of hydrogen-bond donors (Lipinski definition) is 5. The highest BCUT2D eigenvalue weighted by molar-refractivity contribution is 7.89. The van der Waals surface area contributed by atoms with Crippen molar-refractivity contribution in [2.45, 2.75) is 14.6 Å². The van der Waals surface area contributed by atoms with Gasteiger partial charge in [-0.15, -0.1) is 22.7 Å². The van der Waals surface area contributed by atoms with E-state index < -0.39 is 32.4 Å². The molecule has 0 bridgehead atoms. The average Bonchev–Trinajstić information content (AvgIpc) is 3.91. The van der Waals surface area contributed by atoms with E-state index in [1.807, 2.05) is 0 Å². The Bertz CT molecular complexity index is 2450. The molecule has 0 saturated heterocycles. The topological polar surface area (TPSA) is 246 Å². The summed E-state index contributed by atoms with van der Waals surface area (Å²) in [5, 5.41) is 19.3. The third-order valence-corrected chi connectivity index (χ3v) is 12.9. The minimum atomic E-state index is -5.08. The van der Waals surface area contributed by atoms with Gasteiger partial charge in [-0.3, -0.25) is 9.59 Å². The van der Waals surface area contributed by atoms with Crippen molar-refractivity contribution in [1.29, 1.82) is 0 Å². The number of benzene rings is 2. The summed E-state index contributed by atoms with van der Waals surface area (Å²) in [6, 6.07) is 15.7. The number of carboxylic acid groups (broad SMARTS) is 1. The van der Waals surface area contributed by atoms with Crippen LogP contribution in [0.15, 0.2) is 79.8 Å². The normalized spacial score (nSPS) is 11.5. The lowest BCUT2D eigenvalue weighted by Crippen LogP contribution is -2.24. The highest BCUT2D eigenvalue weighted by atomic mass is 32.3. The van der Waals surface area contributed by atoms with Crippen molar-refractivity contribution in [2.24, 2.45) is 5.73 Å². The Morgan fingerprint density at radius 1 is 0.778 bits per heavy atom. The van der Waals surface area contributed by atoms with Crippen molar-refractivity contribution < 1.29 is 57.9 Å². The molecule has 2 amide bonds. The van der Waals surface area contributed by atoms with E-state index in [9.17, 15) is 39.6 Å². The van der Waals surface area contributed by atoms with Crippen LogP contribution in [0.3, 0.4) is 0 Å². The second-order valence-corrected chi connectivity index (χ2v) is 17.4. The number of carbonyl (C=O) groups excluding carboxylic acids is 2. The van der Waals surface area contributed by atoms with Crippen LogP contribution in [0.1, 0.15) is 0 Å². The molecule has 54 heavy (non-hydrogen) atoms. The number of nitrogens with one attached hydrogen (secondary N) is 3. The maximum absolute atomic E-state index is 12.1. The molecule has 16 nitrogen and oxygen atoms in total. The molecule has 6 N–H and O–H groups in total. The number of fused-ring (bicyclic) bond motifs is 2. The zero-order valence-corrected chi connectivity index (χ0v) is 31.9. The fourth-order valence-corrected chi connectivity index (χ4v) is 9.23. The summed E-state index contributed by atoms with van der Waals surface area (Å²) in [6.45, 7) is 0.0483. The predicted molar refractivity (Wildman–Crippen MR) is 197 cm³/mol. The molecule has 0 unspecified atom stereocenters. The maximum atomic E-state index is 12.1. The van der Waals surface area contributed by atoms with Crippen LogP contribution in [0.25, 0.3) is 20.4 Å². The van der Waals surface area contributed by atoms with E-state index in [0.29, 0.717) is 30.7 Å². The number of thiophene rings is 2. The van der Waals surface area contributed by atoms with E-state index >= 15 is 0 Å². The summed E-state index contributed by atoms with van der Waals surface area (Å²) in [6.07, 6.45) is -5.08. The standard InChI is InChI=1S/C14H13N3O4S3.C13H11N3O4S3.C2HF3O2/c1-15-8-12(18)17-14-16-10-5-4-9(7-11(10)23-14)21-24(19,20)13-3-2-6-22-13;14-7-11(17)16-13-15-9-4-3-8(6-10(9)22-13)20-23(18,19)12-2-1-5-21-12;3-2(4,5)1(6)7/h2-7,15H,8H2,1H3,(H,16,17,18);1-6H,7,14H2,(H,15,16,17);(H,6,7). The minimum Gasteiger partial charge on any atom is -0.475 e. The van der Waals surface area contributed by atoms with Crippen molar-refractivity contribution in [3.8, 4) is 11.5 Å². The number of carboxylic acids is 1. The minimum absolute atomic E-state index is 0.136. The molecule has 6 rings (SSSR count). The summed E-state index contributed by atoms with van der Waals surface area (Å²) in [7, 11) is -6.00. The highest BCUT2D eigenvalue weighted by Crippen LogP contribution is 2.32. The van der Waals surface area contributed by atoms with Crippen LogP contribution in [0.4, 0.5) is 23.4 Å². The smallest absolute Gasteiger partial charge is 0.475 e. The molecule has 4 aromatic heterocycles. The van der Waals surface area contributed by atoms with Gasteiger partial charge in [-0.1, -0.05) is 34.8 Å². The average molecular weight is 867 g/mol. The van der Waals surface area contributed by atoms with Gasteiger partial charge in [0.25, 0.3) is 0 Å². The number of thiazole rings is 2. The number of aromatic nitrogens is 2. The first kappa shape index (κ1) is 42.0. The Labute approximate surface area is 319 Å². The summed E-state index contributed by atoms with van der Waals surface area (Å²) in [4.78, 5) is 40.2. The second-order valence-electron chi connectivity index (χ2n) is 9.87. The number of hydrogen-bond acceptors (Lipinski definition) is 17. The van der Waals surface area contributed by atoms with Crippen LogP contribution < -0.4 is 30.1 Å². The number of halogens is 3. The third kappa shape index (κ3) is 11.9. The Balaban J connectivity index is 0.000000205. The van der Waals surface area contributed by atoms with Gasteiger partial charge in [0.05, 0.1) is 33.5 Å². The van der Waals surface area contributed by atoms with E-state index in [1.54, 1.807) is 54.2 Å². The number of alkyl halides is 3. The highest BCUT2D eigenvalue weighted by Gasteiger charge is 2.38. The molecule has 0 saturated carbocycles. The van der Waals surface area contributed by atoms with Crippen LogP contribution >= 0.6 is 45.3 Å². The SMILES string of the molecule is CNCC(=O)Nc1nc2ccc(OS(=O)(=O)c3cccs3)cc2s1.NCC(=O)Nc1nc2ccc(OS(=O)(=O)c3cccs3)cc2s1.O=C(O)C(F)(F)F. The fourth-order valence-electron chi connectivity index (χ4n) is 3.66. The largest absolute Gasteiger partial charge is 0.490 e. The number of carbonyl (C=O) groups is 3. The Morgan fingerprint density at radius 2 is 1.20 bits per heavy atom. The number of nitrogens with two attached hydrogens (primary N) is 1. The van der Waals surface area contributed by atoms with Gasteiger partial charge in [-0.2, -0.15) is 30.0 Å². The van der Waals surface area contributed by atoms with Crippen molar-refractivity contribution in [3.63, 3.8) is 0 Å². The molecule has 0 spiro atoms. The van der Waals surface area contributed by atoms with Crippen LogP contribution in [0.2, 0.25) is 0 Å².